The van der Waals surface area contributed by atoms with Crippen LogP contribution in [0.1, 0.15) is 5.56 Å². The fourth-order valence-electron chi connectivity index (χ4n) is 2.17. The normalized spacial score (nSPS) is 10.4. The lowest BCUT2D eigenvalue weighted by Gasteiger charge is -2.17. The minimum absolute atomic E-state index is 0.0667. The number of methoxy groups -OCH3 is 1. The number of benzene rings is 2. The second-order valence-electron chi connectivity index (χ2n) is 5.18. The molecule has 0 heterocycles. The third-order valence-corrected chi connectivity index (χ3v) is 4.30. The summed E-state index contributed by atoms with van der Waals surface area (Å²) in [6.45, 7) is -0.0667. The number of likely N-dealkylation sites (N-methyl/N-ethyl adjacent to an activating group) is 1. The van der Waals surface area contributed by atoms with Crippen LogP contribution in [0.25, 0.3) is 6.08 Å². The van der Waals surface area contributed by atoms with Crippen LogP contribution >= 0.6 is 27.5 Å². The molecule has 0 fully saturated rings. The first-order valence-corrected chi connectivity index (χ1v) is 8.72. The van der Waals surface area contributed by atoms with Gasteiger partial charge in [0.15, 0.2) is 18.1 Å². The summed E-state index contributed by atoms with van der Waals surface area (Å²) in [6, 6.07) is 12.4. The Labute approximate surface area is 165 Å². The molecular formula is C19H16BrClN2O3. The number of anilines is 1. The molecule has 0 spiro atoms. The highest BCUT2D eigenvalue weighted by molar-refractivity contribution is 9.10. The molecule has 0 aliphatic heterocycles. The van der Waals surface area contributed by atoms with Gasteiger partial charge in [0, 0.05) is 17.6 Å². The molecule has 0 radical (unpaired) electrons. The highest BCUT2D eigenvalue weighted by Gasteiger charge is 2.12. The quantitative estimate of drug-likeness (QED) is 0.618. The van der Waals surface area contributed by atoms with Gasteiger partial charge >= 0.3 is 0 Å². The van der Waals surface area contributed by atoms with Crippen LogP contribution in [0.3, 0.4) is 0 Å². The van der Waals surface area contributed by atoms with Gasteiger partial charge in [0.1, 0.15) is 6.07 Å². The number of halogens is 2. The van der Waals surface area contributed by atoms with E-state index >= 15 is 0 Å². The smallest absolute Gasteiger partial charge is 0.250 e. The SMILES string of the molecule is COc1cc(/C=C/C(=O)N(C)c2ccc(Br)cc2Cl)ccc1OCC#N. The summed E-state index contributed by atoms with van der Waals surface area (Å²) in [6.07, 6.45) is 3.12. The van der Waals surface area contributed by atoms with E-state index in [0.717, 1.165) is 10.0 Å². The number of carbonyl (C=O) groups excluding carboxylic acids is 1. The van der Waals surface area contributed by atoms with Gasteiger partial charge in [-0.15, -0.1) is 0 Å². The number of rotatable bonds is 6. The third-order valence-electron chi connectivity index (χ3n) is 3.50. The fourth-order valence-corrected chi connectivity index (χ4v) is 2.97. The summed E-state index contributed by atoms with van der Waals surface area (Å²) in [5, 5.41) is 9.07. The van der Waals surface area contributed by atoms with Gasteiger partial charge in [0.25, 0.3) is 5.91 Å². The maximum absolute atomic E-state index is 12.4. The summed E-state index contributed by atoms with van der Waals surface area (Å²) >= 11 is 9.52. The van der Waals surface area contributed by atoms with Crippen LogP contribution in [-0.4, -0.2) is 26.7 Å². The number of nitriles is 1. The summed E-state index contributed by atoms with van der Waals surface area (Å²) in [7, 11) is 3.16. The lowest BCUT2D eigenvalue weighted by atomic mass is 10.2. The monoisotopic (exact) mass is 434 g/mol. The van der Waals surface area contributed by atoms with Gasteiger partial charge in [-0.1, -0.05) is 33.6 Å². The summed E-state index contributed by atoms with van der Waals surface area (Å²) in [5.41, 5.74) is 1.37. The minimum atomic E-state index is -0.224. The first kappa shape index (κ1) is 19.8. The van der Waals surface area contributed by atoms with E-state index in [9.17, 15) is 4.79 Å². The van der Waals surface area contributed by atoms with E-state index in [1.807, 2.05) is 12.1 Å². The molecule has 7 heteroatoms. The van der Waals surface area contributed by atoms with E-state index in [0.29, 0.717) is 22.2 Å². The van der Waals surface area contributed by atoms with Crippen molar-refractivity contribution >= 4 is 45.2 Å². The number of ether oxygens (including phenoxy) is 2. The molecule has 0 atom stereocenters. The molecule has 0 aromatic heterocycles. The fraction of sp³-hybridized carbons (Fsp3) is 0.158. The average molecular weight is 436 g/mol. The molecule has 2 rings (SSSR count). The molecule has 134 valence electrons. The van der Waals surface area contributed by atoms with Crippen molar-refractivity contribution in [3.05, 3.63) is 57.5 Å². The van der Waals surface area contributed by atoms with Crippen molar-refractivity contribution in [1.29, 1.82) is 5.26 Å². The number of hydrogen-bond acceptors (Lipinski definition) is 4. The van der Waals surface area contributed by atoms with Gasteiger partial charge in [-0.25, -0.2) is 0 Å². The van der Waals surface area contributed by atoms with Crippen LogP contribution in [0.5, 0.6) is 11.5 Å². The van der Waals surface area contributed by atoms with E-state index in [1.165, 1.54) is 18.1 Å². The first-order valence-electron chi connectivity index (χ1n) is 7.55. The molecule has 2 aromatic rings. The van der Waals surface area contributed by atoms with Crippen LogP contribution in [0.4, 0.5) is 5.69 Å². The minimum Gasteiger partial charge on any atom is -0.493 e. The predicted molar refractivity (Wildman–Crippen MR) is 106 cm³/mol. The van der Waals surface area contributed by atoms with Crippen molar-refractivity contribution in [2.24, 2.45) is 0 Å². The Hall–Kier alpha value is -2.49. The highest BCUT2D eigenvalue weighted by Crippen LogP contribution is 2.30. The van der Waals surface area contributed by atoms with Crippen molar-refractivity contribution in [2.75, 3.05) is 25.7 Å². The number of hydrogen-bond donors (Lipinski definition) is 0. The Morgan fingerprint density at radius 3 is 2.73 bits per heavy atom. The Morgan fingerprint density at radius 2 is 2.08 bits per heavy atom. The standard InChI is InChI=1S/C19H16BrClN2O3/c1-23(16-6-5-14(20)12-15(16)21)19(24)8-4-13-3-7-17(26-10-9-22)18(11-13)25-2/h3-8,11-12H,10H2,1-2H3/b8-4+. The van der Waals surface area contributed by atoms with E-state index in [2.05, 4.69) is 15.9 Å². The molecule has 0 saturated heterocycles. The van der Waals surface area contributed by atoms with Crippen LogP contribution in [-0.2, 0) is 4.79 Å². The third kappa shape index (κ3) is 5.01. The average Bonchev–Trinajstić information content (AvgIpc) is 2.64. The zero-order valence-corrected chi connectivity index (χ0v) is 16.5. The van der Waals surface area contributed by atoms with Crippen LogP contribution < -0.4 is 14.4 Å². The summed E-state index contributed by atoms with van der Waals surface area (Å²) in [4.78, 5) is 13.9. The highest BCUT2D eigenvalue weighted by atomic mass is 79.9. The molecule has 0 unspecified atom stereocenters. The van der Waals surface area contributed by atoms with Crippen LogP contribution in [0.2, 0.25) is 5.02 Å². The lowest BCUT2D eigenvalue weighted by Crippen LogP contribution is -2.24. The Bertz CT molecular complexity index is 878. The second kappa shape index (κ2) is 9.27. The molecule has 0 aliphatic carbocycles. The maximum Gasteiger partial charge on any atom is 0.250 e. The second-order valence-corrected chi connectivity index (χ2v) is 6.51. The van der Waals surface area contributed by atoms with E-state index in [-0.39, 0.29) is 12.5 Å². The Kier molecular flexibility index (Phi) is 7.07. The van der Waals surface area contributed by atoms with Gasteiger partial charge < -0.3 is 14.4 Å². The number of nitrogens with zero attached hydrogens (tertiary/aromatic N) is 2. The Morgan fingerprint density at radius 1 is 1.31 bits per heavy atom. The van der Waals surface area contributed by atoms with E-state index in [4.69, 9.17) is 26.3 Å². The van der Waals surface area contributed by atoms with Crippen molar-refractivity contribution in [2.45, 2.75) is 0 Å². The summed E-state index contributed by atoms with van der Waals surface area (Å²) < 4.78 is 11.4. The molecule has 2 aromatic carbocycles. The van der Waals surface area contributed by atoms with Gasteiger partial charge in [-0.05, 0) is 42.0 Å². The van der Waals surface area contributed by atoms with Gasteiger partial charge in [-0.2, -0.15) is 5.26 Å². The topological polar surface area (TPSA) is 62.6 Å². The maximum atomic E-state index is 12.4. The van der Waals surface area contributed by atoms with Crippen molar-refractivity contribution < 1.29 is 14.3 Å². The zero-order valence-electron chi connectivity index (χ0n) is 14.2. The molecular weight excluding hydrogens is 420 g/mol. The van der Waals surface area contributed by atoms with E-state index < -0.39 is 0 Å². The lowest BCUT2D eigenvalue weighted by molar-refractivity contribution is -0.113. The van der Waals surface area contributed by atoms with Crippen LogP contribution in [0, 0.1) is 11.3 Å². The zero-order chi connectivity index (χ0) is 19.1. The van der Waals surface area contributed by atoms with Crippen molar-refractivity contribution in [3.8, 4) is 17.6 Å². The molecule has 0 bridgehead atoms. The Balaban J connectivity index is 2.15. The van der Waals surface area contributed by atoms with Crippen molar-refractivity contribution in [1.82, 2.24) is 0 Å². The first-order chi connectivity index (χ1) is 12.5. The van der Waals surface area contributed by atoms with Gasteiger partial charge in [0.05, 0.1) is 17.8 Å². The molecule has 5 nitrogen and oxygen atoms in total. The molecule has 0 aliphatic rings. The molecule has 1 amide bonds. The van der Waals surface area contributed by atoms with Gasteiger partial charge in [0.2, 0.25) is 0 Å². The summed E-state index contributed by atoms with van der Waals surface area (Å²) in [5.74, 6) is 0.730. The molecule has 0 N–H and O–H groups in total. The molecule has 26 heavy (non-hydrogen) atoms. The predicted octanol–water partition coefficient (Wildman–Crippen LogP) is 4.69. The van der Waals surface area contributed by atoms with E-state index in [1.54, 1.807) is 43.5 Å². The number of carbonyl (C=O) groups is 1. The van der Waals surface area contributed by atoms with Crippen LogP contribution in [0.15, 0.2) is 46.9 Å². The largest absolute Gasteiger partial charge is 0.493 e. The number of amides is 1. The van der Waals surface area contributed by atoms with Crippen molar-refractivity contribution in [3.63, 3.8) is 0 Å². The van der Waals surface area contributed by atoms with Gasteiger partial charge in [-0.3, -0.25) is 4.79 Å². The molecule has 0 saturated carbocycles.